The monoisotopic (exact) mass is 366 g/mol. The molecule has 5 nitrogen and oxygen atoms in total. The van der Waals surface area contributed by atoms with Crippen LogP contribution in [0.3, 0.4) is 0 Å². The number of piperidine rings is 2. The van der Waals surface area contributed by atoms with Crippen LogP contribution in [-0.4, -0.2) is 52.5 Å². The van der Waals surface area contributed by atoms with Crippen LogP contribution in [0.1, 0.15) is 54.4 Å². The topological polar surface area (TPSA) is 60.9 Å². The average Bonchev–Trinajstić information content (AvgIpc) is 2.62. The number of carbonyl (C=O) groups excluding carboxylic acids is 1. The molecule has 2 aliphatic rings. The van der Waals surface area contributed by atoms with Crippen molar-refractivity contribution in [2.24, 2.45) is 0 Å². The van der Waals surface area contributed by atoms with Crippen molar-refractivity contribution in [1.82, 2.24) is 9.80 Å². The highest BCUT2D eigenvalue weighted by atomic mass is 35.5. The minimum atomic E-state index is -0.741. The number of halogens is 1. The number of rotatable bonds is 4. The number of nitrogens with zero attached hydrogens (tertiary/aromatic N) is 2. The zero-order valence-electron chi connectivity index (χ0n) is 14.5. The van der Waals surface area contributed by atoms with Crippen molar-refractivity contribution in [1.29, 1.82) is 0 Å². The normalized spacial score (nSPS) is 21.4. The summed E-state index contributed by atoms with van der Waals surface area (Å²) in [7, 11) is 0. The molecule has 1 aromatic carbocycles. The second-order valence-corrected chi connectivity index (χ2v) is 6.87. The summed E-state index contributed by atoms with van der Waals surface area (Å²) in [6.07, 6.45) is 6.09. The standard InChI is InChI=1S/C19H26N2O3.ClH/c22-18(20-10-3-1-4-11-20)16-8-6-7-15(13-16)14-21-12-5-2-9-17(21)19(23)24;/h6-8,13,17H,1-5,9-12,14H2,(H,23,24);1H. The lowest BCUT2D eigenvalue weighted by Gasteiger charge is -2.33. The molecule has 0 bridgehead atoms. The lowest BCUT2D eigenvalue weighted by molar-refractivity contribution is -0.144. The van der Waals surface area contributed by atoms with Crippen LogP contribution in [0, 0.1) is 0 Å². The van der Waals surface area contributed by atoms with E-state index in [0.717, 1.165) is 56.4 Å². The van der Waals surface area contributed by atoms with Crippen LogP contribution in [0.15, 0.2) is 24.3 Å². The summed E-state index contributed by atoms with van der Waals surface area (Å²) < 4.78 is 0. The molecular weight excluding hydrogens is 340 g/mol. The molecule has 0 aliphatic carbocycles. The number of carboxylic acid groups (broad SMARTS) is 1. The van der Waals surface area contributed by atoms with Crippen LogP contribution in [-0.2, 0) is 11.3 Å². The molecule has 1 aromatic rings. The second kappa shape index (κ2) is 9.20. The first kappa shape index (κ1) is 19.7. The van der Waals surface area contributed by atoms with Gasteiger partial charge in [-0.3, -0.25) is 14.5 Å². The summed E-state index contributed by atoms with van der Waals surface area (Å²) in [4.78, 5) is 28.0. The van der Waals surface area contributed by atoms with Gasteiger partial charge in [0.2, 0.25) is 0 Å². The maximum Gasteiger partial charge on any atom is 0.320 e. The second-order valence-electron chi connectivity index (χ2n) is 6.87. The summed E-state index contributed by atoms with van der Waals surface area (Å²) in [6.45, 7) is 3.09. The molecular formula is C19H27ClN2O3. The Morgan fingerprint density at radius 2 is 1.76 bits per heavy atom. The quantitative estimate of drug-likeness (QED) is 0.889. The third-order valence-corrected chi connectivity index (χ3v) is 5.10. The van der Waals surface area contributed by atoms with Crippen molar-refractivity contribution in [3.63, 3.8) is 0 Å². The highest BCUT2D eigenvalue weighted by molar-refractivity contribution is 5.94. The third kappa shape index (κ3) is 4.95. The van der Waals surface area contributed by atoms with E-state index in [0.29, 0.717) is 13.0 Å². The Labute approximate surface area is 155 Å². The Bertz CT molecular complexity index is 602. The van der Waals surface area contributed by atoms with Gasteiger partial charge in [0.15, 0.2) is 0 Å². The molecule has 0 spiro atoms. The summed E-state index contributed by atoms with van der Waals surface area (Å²) in [5, 5.41) is 9.40. The van der Waals surface area contributed by atoms with E-state index in [9.17, 15) is 14.7 Å². The molecule has 1 atom stereocenters. The first-order valence-corrected chi connectivity index (χ1v) is 9.00. The van der Waals surface area contributed by atoms with E-state index in [4.69, 9.17) is 0 Å². The molecule has 0 aromatic heterocycles. The molecule has 2 aliphatic heterocycles. The maximum absolute atomic E-state index is 12.6. The van der Waals surface area contributed by atoms with Crippen LogP contribution >= 0.6 is 12.4 Å². The van der Waals surface area contributed by atoms with Crippen molar-refractivity contribution in [3.8, 4) is 0 Å². The largest absolute Gasteiger partial charge is 0.480 e. The summed E-state index contributed by atoms with van der Waals surface area (Å²) in [6, 6.07) is 7.29. The fourth-order valence-electron chi connectivity index (χ4n) is 3.78. The minimum Gasteiger partial charge on any atom is -0.480 e. The lowest BCUT2D eigenvalue weighted by Crippen LogP contribution is -2.44. The van der Waals surface area contributed by atoms with Gasteiger partial charge in [-0.25, -0.2) is 0 Å². The molecule has 3 rings (SSSR count). The highest BCUT2D eigenvalue weighted by Gasteiger charge is 2.28. The molecule has 2 fully saturated rings. The smallest absolute Gasteiger partial charge is 0.320 e. The zero-order valence-corrected chi connectivity index (χ0v) is 15.3. The molecule has 0 radical (unpaired) electrons. The van der Waals surface area contributed by atoms with Gasteiger partial charge in [-0.15, -0.1) is 12.4 Å². The predicted molar refractivity (Wildman–Crippen MR) is 99.1 cm³/mol. The predicted octanol–water partition coefficient (Wildman–Crippen LogP) is 3.17. The van der Waals surface area contributed by atoms with Gasteiger partial charge in [-0.2, -0.15) is 0 Å². The Kier molecular flexibility index (Phi) is 7.26. The van der Waals surface area contributed by atoms with Crippen LogP contribution in [0.25, 0.3) is 0 Å². The summed E-state index contributed by atoms with van der Waals surface area (Å²) in [5.41, 5.74) is 1.74. The zero-order chi connectivity index (χ0) is 16.9. The van der Waals surface area contributed by atoms with E-state index in [1.165, 1.54) is 6.42 Å². The molecule has 1 N–H and O–H groups in total. The number of hydrogen-bond acceptors (Lipinski definition) is 3. The van der Waals surface area contributed by atoms with Gasteiger partial charge >= 0.3 is 5.97 Å². The van der Waals surface area contributed by atoms with E-state index >= 15 is 0 Å². The molecule has 1 amide bonds. The van der Waals surface area contributed by atoms with Gasteiger partial charge in [0.05, 0.1) is 0 Å². The van der Waals surface area contributed by atoms with E-state index in [-0.39, 0.29) is 18.3 Å². The molecule has 6 heteroatoms. The summed E-state index contributed by atoms with van der Waals surface area (Å²) in [5.74, 6) is -0.639. The first-order valence-electron chi connectivity index (χ1n) is 9.00. The van der Waals surface area contributed by atoms with Gasteiger partial charge in [-0.05, 0) is 56.3 Å². The van der Waals surface area contributed by atoms with Crippen LogP contribution in [0.2, 0.25) is 0 Å². The van der Waals surface area contributed by atoms with E-state index in [1.807, 2.05) is 34.1 Å². The number of hydrogen-bond donors (Lipinski definition) is 1. The molecule has 138 valence electrons. The van der Waals surface area contributed by atoms with Crippen molar-refractivity contribution < 1.29 is 14.7 Å². The SMILES string of the molecule is Cl.O=C(O)C1CCCCN1Cc1cccc(C(=O)N2CCCCC2)c1. The Balaban J connectivity index is 0.00000225. The Hall–Kier alpha value is -1.59. The Morgan fingerprint density at radius 3 is 2.48 bits per heavy atom. The van der Waals surface area contributed by atoms with Gasteiger partial charge < -0.3 is 10.0 Å². The first-order chi connectivity index (χ1) is 11.6. The molecule has 25 heavy (non-hydrogen) atoms. The average molecular weight is 367 g/mol. The van der Waals surface area contributed by atoms with Crippen molar-refractivity contribution in [3.05, 3.63) is 35.4 Å². The van der Waals surface area contributed by atoms with Crippen LogP contribution in [0.5, 0.6) is 0 Å². The molecule has 2 heterocycles. The fraction of sp³-hybridized carbons (Fsp3) is 0.579. The van der Waals surface area contributed by atoms with Crippen molar-refractivity contribution >= 4 is 24.3 Å². The number of carboxylic acids is 1. The van der Waals surface area contributed by atoms with Gasteiger partial charge in [-0.1, -0.05) is 18.6 Å². The van der Waals surface area contributed by atoms with Gasteiger partial charge in [0.1, 0.15) is 6.04 Å². The van der Waals surface area contributed by atoms with E-state index in [2.05, 4.69) is 0 Å². The van der Waals surface area contributed by atoms with Crippen molar-refractivity contribution in [2.45, 2.75) is 51.1 Å². The number of amides is 1. The fourth-order valence-corrected chi connectivity index (χ4v) is 3.78. The minimum absolute atomic E-state index is 0. The van der Waals surface area contributed by atoms with Gasteiger partial charge in [0, 0.05) is 25.2 Å². The summed E-state index contributed by atoms with van der Waals surface area (Å²) >= 11 is 0. The highest BCUT2D eigenvalue weighted by Crippen LogP contribution is 2.21. The third-order valence-electron chi connectivity index (χ3n) is 5.10. The number of aliphatic carboxylic acids is 1. The molecule has 1 unspecified atom stereocenters. The number of benzene rings is 1. The van der Waals surface area contributed by atoms with E-state index < -0.39 is 12.0 Å². The maximum atomic E-state index is 12.6. The molecule has 2 saturated heterocycles. The lowest BCUT2D eigenvalue weighted by atomic mass is 10.0. The van der Waals surface area contributed by atoms with Crippen LogP contribution < -0.4 is 0 Å². The Morgan fingerprint density at radius 1 is 1.04 bits per heavy atom. The number of likely N-dealkylation sites (tertiary alicyclic amines) is 2. The van der Waals surface area contributed by atoms with Crippen molar-refractivity contribution in [2.75, 3.05) is 19.6 Å². The van der Waals surface area contributed by atoms with Gasteiger partial charge in [0.25, 0.3) is 5.91 Å². The van der Waals surface area contributed by atoms with Crippen LogP contribution in [0.4, 0.5) is 0 Å². The van der Waals surface area contributed by atoms with E-state index in [1.54, 1.807) is 0 Å². The molecule has 0 saturated carbocycles. The number of carbonyl (C=O) groups is 2.